The van der Waals surface area contributed by atoms with Crippen molar-refractivity contribution >= 4 is 5.97 Å². The van der Waals surface area contributed by atoms with Gasteiger partial charge < -0.3 is 19.7 Å². The Kier molecular flexibility index (Phi) is 8.22. The van der Waals surface area contributed by atoms with Crippen molar-refractivity contribution in [1.29, 1.82) is 0 Å². The molecule has 3 rings (SSSR count). The number of pyridine rings is 1. The van der Waals surface area contributed by atoms with Crippen molar-refractivity contribution in [1.82, 2.24) is 10.4 Å². The molecule has 0 amide bonds. The summed E-state index contributed by atoms with van der Waals surface area (Å²) in [5.41, 5.74) is 4.99. The maximum Gasteiger partial charge on any atom is 0.339 e. The summed E-state index contributed by atoms with van der Waals surface area (Å²) in [5, 5.41) is 19.6. The van der Waals surface area contributed by atoms with E-state index in [1.807, 2.05) is 6.07 Å². The van der Waals surface area contributed by atoms with Gasteiger partial charge >= 0.3 is 5.97 Å². The number of phenols is 1. The van der Waals surface area contributed by atoms with Crippen LogP contribution in [0.1, 0.15) is 41.7 Å². The van der Waals surface area contributed by atoms with Crippen LogP contribution in [0.15, 0.2) is 42.6 Å². The highest BCUT2D eigenvalue weighted by atomic mass is 16.5. The van der Waals surface area contributed by atoms with Crippen LogP contribution in [0.3, 0.4) is 0 Å². The second-order valence-corrected chi connectivity index (χ2v) is 8.00. The van der Waals surface area contributed by atoms with Crippen LogP contribution in [-0.4, -0.2) is 65.2 Å². The van der Waals surface area contributed by atoms with E-state index in [4.69, 9.17) is 9.47 Å². The fourth-order valence-electron chi connectivity index (χ4n) is 3.84. The largest absolute Gasteiger partial charge is 0.508 e. The summed E-state index contributed by atoms with van der Waals surface area (Å²) >= 11 is 0. The first kappa shape index (κ1) is 23.0. The highest BCUT2D eigenvalue weighted by molar-refractivity contribution is 5.88. The molecule has 1 aliphatic rings. The van der Waals surface area contributed by atoms with Crippen LogP contribution in [0, 0.1) is 0 Å². The van der Waals surface area contributed by atoms with Gasteiger partial charge in [0.15, 0.2) is 0 Å². The number of phenolic OH excluding ortho intramolecular Hbond substituents is 1. The molecule has 3 N–H and O–H groups in total. The van der Waals surface area contributed by atoms with Crippen LogP contribution >= 0.6 is 0 Å². The lowest BCUT2D eigenvalue weighted by molar-refractivity contribution is -0.986. The number of aromatic hydroxyl groups is 1. The molecule has 1 saturated heterocycles. The maximum absolute atomic E-state index is 11.6. The topological polar surface area (TPSA) is 101 Å². The molecular formula is C23H32N3O5+. The number of benzene rings is 1. The molecule has 1 aromatic heterocycles. The fourth-order valence-corrected chi connectivity index (χ4v) is 3.84. The quantitative estimate of drug-likeness (QED) is 0.393. The number of nitrogens with one attached hydrogen (secondary N) is 1. The molecule has 1 fully saturated rings. The van der Waals surface area contributed by atoms with Crippen LogP contribution in [0.2, 0.25) is 0 Å². The predicted molar refractivity (Wildman–Crippen MR) is 115 cm³/mol. The van der Waals surface area contributed by atoms with Crippen molar-refractivity contribution in [3.63, 3.8) is 0 Å². The minimum absolute atomic E-state index is 0.182. The highest BCUT2D eigenvalue weighted by Gasteiger charge is 2.31. The molecule has 1 unspecified atom stereocenters. The van der Waals surface area contributed by atoms with Gasteiger partial charge in [-0.15, -0.1) is 0 Å². The summed E-state index contributed by atoms with van der Waals surface area (Å²) in [6.45, 7) is 3.58. The second-order valence-electron chi connectivity index (χ2n) is 8.00. The third kappa shape index (κ3) is 6.92. The van der Waals surface area contributed by atoms with Crippen LogP contribution in [0.4, 0.5) is 0 Å². The molecule has 168 valence electrons. The normalized spacial score (nSPS) is 16.5. The Morgan fingerprint density at radius 3 is 2.55 bits per heavy atom. The number of hydrogen-bond acceptors (Lipinski definition) is 7. The molecule has 0 radical (unpaired) electrons. The number of hydrogen-bond donors (Lipinski definition) is 3. The van der Waals surface area contributed by atoms with Gasteiger partial charge in [0.1, 0.15) is 24.7 Å². The minimum atomic E-state index is -0.594. The van der Waals surface area contributed by atoms with Crippen molar-refractivity contribution in [2.75, 3.05) is 33.4 Å². The lowest BCUT2D eigenvalue weighted by Crippen LogP contribution is -2.60. The van der Waals surface area contributed by atoms with E-state index >= 15 is 0 Å². The Morgan fingerprint density at radius 1 is 1.16 bits per heavy atom. The first-order valence-electron chi connectivity index (χ1n) is 10.7. The smallest absolute Gasteiger partial charge is 0.339 e. The van der Waals surface area contributed by atoms with Gasteiger partial charge in [-0.25, -0.2) is 9.39 Å². The molecule has 1 atom stereocenters. The molecule has 0 spiro atoms. The van der Waals surface area contributed by atoms with E-state index in [0.29, 0.717) is 24.3 Å². The molecule has 0 bridgehead atoms. The molecule has 0 aliphatic carbocycles. The number of esters is 1. The molecule has 31 heavy (non-hydrogen) atoms. The number of nitrogens with zero attached hydrogens (tertiary/aromatic N) is 2. The highest BCUT2D eigenvalue weighted by Crippen LogP contribution is 2.20. The Labute approximate surface area is 183 Å². The predicted octanol–water partition coefficient (Wildman–Crippen LogP) is 2.41. The van der Waals surface area contributed by atoms with E-state index in [9.17, 15) is 15.0 Å². The third-order valence-corrected chi connectivity index (χ3v) is 5.59. The summed E-state index contributed by atoms with van der Waals surface area (Å²) in [7, 11) is 1.36. The zero-order valence-electron chi connectivity index (χ0n) is 18.0. The molecule has 1 aliphatic heterocycles. The Balaban J connectivity index is 1.50. The van der Waals surface area contributed by atoms with Crippen LogP contribution < -0.4 is 10.2 Å². The van der Waals surface area contributed by atoms with Gasteiger partial charge in [0.05, 0.1) is 37.6 Å². The van der Waals surface area contributed by atoms with E-state index in [1.54, 1.807) is 36.5 Å². The van der Waals surface area contributed by atoms with Gasteiger partial charge in [0, 0.05) is 12.7 Å². The average molecular weight is 431 g/mol. The van der Waals surface area contributed by atoms with Crippen LogP contribution in [0.25, 0.3) is 0 Å². The zero-order chi connectivity index (χ0) is 22.1. The first-order valence-corrected chi connectivity index (χ1v) is 10.7. The lowest BCUT2D eigenvalue weighted by Gasteiger charge is -2.40. The van der Waals surface area contributed by atoms with Crippen molar-refractivity contribution in [2.24, 2.45) is 0 Å². The molecule has 8 heteroatoms. The maximum atomic E-state index is 11.6. The monoisotopic (exact) mass is 430 g/mol. The Bertz CT molecular complexity index is 820. The Morgan fingerprint density at radius 2 is 1.90 bits per heavy atom. The van der Waals surface area contributed by atoms with Crippen molar-refractivity contribution < 1.29 is 29.1 Å². The van der Waals surface area contributed by atoms with Crippen molar-refractivity contribution in [2.45, 2.75) is 38.3 Å². The number of aromatic nitrogens is 1. The first-order chi connectivity index (χ1) is 15.0. The number of quaternary nitrogens is 1. The summed E-state index contributed by atoms with van der Waals surface area (Å²) in [6, 6.07) is 10.1. The number of rotatable bonds is 10. The van der Waals surface area contributed by atoms with Gasteiger partial charge in [-0.2, -0.15) is 5.43 Å². The number of carbonyl (C=O) groups is 1. The van der Waals surface area contributed by atoms with E-state index < -0.39 is 6.10 Å². The van der Waals surface area contributed by atoms with Gasteiger partial charge in [0.25, 0.3) is 0 Å². The molecule has 1 aromatic carbocycles. The zero-order valence-corrected chi connectivity index (χ0v) is 18.0. The Hall–Kier alpha value is -2.68. The van der Waals surface area contributed by atoms with Crippen LogP contribution in [-0.2, 0) is 11.3 Å². The average Bonchev–Trinajstić information content (AvgIpc) is 2.79. The molecule has 8 nitrogen and oxygen atoms in total. The summed E-state index contributed by atoms with van der Waals surface area (Å²) in [4.78, 5) is 16.1. The molecule has 2 aromatic rings. The van der Waals surface area contributed by atoms with E-state index in [2.05, 4.69) is 10.4 Å². The number of piperidine rings is 1. The number of aliphatic hydroxyl groups excluding tert-OH is 1. The summed E-state index contributed by atoms with van der Waals surface area (Å²) < 4.78 is 11.0. The minimum Gasteiger partial charge on any atom is -0.508 e. The standard InChI is InChI=1S/C23H31N3O5/c1-30-23(29)18-5-6-19(24-15-18)16-26(13-3-2-4-14-26)25-12-11-21(28)17-31-22-9-7-20(27)8-10-22/h5-10,15,21,25,28H,2-4,11-14,16-17H2,1H3/p+1. The molecule has 0 saturated carbocycles. The fraction of sp³-hybridized carbons (Fsp3) is 0.478. The van der Waals surface area contributed by atoms with Crippen LogP contribution in [0.5, 0.6) is 11.5 Å². The number of likely N-dealkylation sites (tertiary alicyclic amines) is 1. The molecule has 2 heterocycles. The third-order valence-electron chi connectivity index (χ3n) is 5.59. The summed E-state index contributed by atoms with van der Waals surface area (Å²) in [5.74, 6) is 0.412. The van der Waals surface area contributed by atoms with E-state index in [0.717, 1.165) is 42.8 Å². The van der Waals surface area contributed by atoms with Crippen molar-refractivity contribution in [3.05, 3.63) is 53.9 Å². The number of carbonyl (C=O) groups excluding carboxylic acids is 1. The lowest BCUT2D eigenvalue weighted by atomic mass is 10.1. The number of methoxy groups -OCH3 is 1. The molecular weight excluding hydrogens is 398 g/mol. The second kappa shape index (κ2) is 11.1. The van der Waals surface area contributed by atoms with Gasteiger partial charge in [-0.1, -0.05) is 0 Å². The SMILES string of the molecule is COC(=O)c1ccc(C[N+]2(NCCC(O)COc3ccc(O)cc3)CCCCC2)nc1. The van der Waals surface area contributed by atoms with E-state index in [1.165, 1.54) is 13.5 Å². The van der Waals surface area contributed by atoms with Gasteiger partial charge in [0.2, 0.25) is 0 Å². The van der Waals surface area contributed by atoms with Gasteiger partial charge in [-0.05, 0) is 62.1 Å². The number of aliphatic hydroxyl groups is 1. The van der Waals surface area contributed by atoms with E-state index in [-0.39, 0.29) is 18.3 Å². The number of ether oxygens (including phenoxy) is 2. The van der Waals surface area contributed by atoms with Gasteiger partial charge in [-0.3, -0.25) is 4.98 Å². The van der Waals surface area contributed by atoms with Crippen molar-refractivity contribution in [3.8, 4) is 11.5 Å². The summed E-state index contributed by atoms with van der Waals surface area (Å²) in [6.07, 6.45) is 5.03.